The SMILES string of the molecule is CC(C)c1ccn(-c2ccc(CO)cc2)n1. The summed E-state index contributed by atoms with van der Waals surface area (Å²) in [6.07, 6.45) is 1.96. The molecule has 0 aliphatic carbocycles. The maximum Gasteiger partial charge on any atom is 0.0681 e. The third-order valence-electron chi connectivity index (χ3n) is 2.58. The highest BCUT2D eigenvalue weighted by atomic mass is 16.3. The van der Waals surface area contributed by atoms with Crippen molar-refractivity contribution >= 4 is 0 Å². The quantitative estimate of drug-likeness (QED) is 0.856. The first kappa shape index (κ1) is 10.9. The largest absolute Gasteiger partial charge is 0.392 e. The molecule has 0 amide bonds. The van der Waals surface area contributed by atoms with E-state index in [1.165, 1.54) is 0 Å². The van der Waals surface area contributed by atoms with E-state index in [9.17, 15) is 0 Å². The zero-order chi connectivity index (χ0) is 11.5. The molecule has 3 nitrogen and oxygen atoms in total. The van der Waals surface area contributed by atoms with E-state index in [-0.39, 0.29) is 6.61 Å². The minimum atomic E-state index is 0.0800. The van der Waals surface area contributed by atoms with Gasteiger partial charge in [-0.1, -0.05) is 26.0 Å². The van der Waals surface area contributed by atoms with E-state index in [0.717, 1.165) is 16.9 Å². The fourth-order valence-corrected chi connectivity index (χ4v) is 1.54. The van der Waals surface area contributed by atoms with E-state index in [0.29, 0.717) is 5.92 Å². The summed E-state index contributed by atoms with van der Waals surface area (Å²) in [6, 6.07) is 9.77. The number of hydrogen-bond donors (Lipinski definition) is 1. The third-order valence-corrected chi connectivity index (χ3v) is 2.58. The molecule has 1 N–H and O–H groups in total. The lowest BCUT2D eigenvalue weighted by molar-refractivity contribution is 0.282. The lowest BCUT2D eigenvalue weighted by atomic mass is 10.1. The molecule has 0 saturated heterocycles. The Bertz CT molecular complexity index is 457. The van der Waals surface area contributed by atoms with Crippen molar-refractivity contribution in [3.63, 3.8) is 0 Å². The molecule has 0 fully saturated rings. The van der Waals surface area contributed by atoms with Gasteiger partial charge in [-0.05, 0) is 29.7 Å². The lowest BCUT2D eigenvalue weighted by Crippen LogP contribution is -1.97. The second-order valence-corrected chi connectivity index (χ2v) is 4.16. The number of benzene rings is 1. The zero-order valence-corrected chi connectivity index (χ0v) is 9.59. The van der Waals surface area contributed by atoms with E-state index in [4.69, 9.17) is 5.11 Å². The van der Waals surface area contributed by atoms with Crippen molar-refractivity contribution < 1.29 is 5.11 Å². The van der Waals surface area contributed by atoms with Gasteiger partial charge in [0, 0.05) is 6.20 Å². The maximum atomic E-state index is 8.95. The molecule has 3 heteroatoms. The number of rotatable bonds is 3. The summed E-state index contributed by atoms with van der Waals surface area (Å²) in [4.78, 5) is 0. The van der Waals surface area contributed by atoms with E-state index in [1.54, 1.807) is 0 Å². The highest BCUT2D eigenvalue weighted by molar-refractivity contribution is 5.34. The van der Waals surface area contributed by atoms with Gasteiger partial charge in [0.05, 0.1) is 18.0 Å². The van der Waals surface area contributed by atoms with Crippen LogP contribution in [0.25, 0.3) is 5.69 Å². The molecular weight excluding hydrogens is 200 g/mol. The molecular formula is C13H16N2O. The summed E-state index contributed by atoms with van der Waals surface area (Å²) >= 11 is 0. The zero-order valence-electron chi connectivity index (χ0n) is 9.59. The van der Waals surface area contributed by atoms with Crippen LogP contribution in [0.1, 0.15) is 31.0 Å². The minimum absolute atomic E-state index is 0.0800. The van der Waals surface area contributed by atoms with Gasteiger partial charge in [-0.3, -0.25) is 0 Å². The maximum absolute atomic E-state index is 8.95. The average molecular weight is 216 g/mol. The number of nitrogens with zero attached hydrogens (tertiary/aromatic N) is 2. The van der Waals surface area contributed by atoms with Crippen LogP contribution in [0.15, 0.2) is 36.5 Å². The number of aliphatic hydroxyl groups excluding tert-OH is 1. The molecule has 1 heterocycles. The fraction of sp³-hybridized carbons (Fsp3) is 0.308. The molecule has 0 aliphatic heterocycles. The van der Waals surface area contributed by atoms with E-state index in [1.807, 2.05) is 41.2 Å². The monoisotopic (exact) mass is 216 g/mol. The summed E-state index contributed by atoms with van der Waals surface area (Å²) in [7, 11) is 0. The molecule has 0 saturated carbocycles. The van der Waals surface area contributed by atoms with Crippen molar-refractivity contribution in [1.82, 2.24) is 9.78 Å². The van der Waals surface area contributed by atoms with Gasteiger partial charge in [0.1, 0.15) is 0 Å². The number of hydrogen-bond acceptors (Lipinski definition) is 2. The van der Waals surface area contributed by atoms with E-state index >= 15 is 0 Å². The van der Waals surface area contributed by atoms with Crippen LogP contribution < -0.4 is 0 Å². The first-order valence-corrected chi connectivity index (χ1v) is 5.46. The Morgan fingerprint density at radius 1 is 1.19 bits per heavy atom. The van der Waals surface area contributed by atoms with Crippen LogP contribution in [-0.2, 0) is 6.61 Å². The van der Waals surface area contributed by atoms with Crippen LogP contribution in [0.5, 0.6) is 0 Å². The van der Waals surface area contributed by atoms with Gasteiger partial charge in [-0.2, -0.15) is 5.10 Å². The van der Waals surface area contributed by atoms with Gasteiger partial charge >= 0.3 is 0 Å². The van der Waals surface area contributed by atoms with Gasteiger partial charge in [0.15, 0.2) is 0 Å². The summed E-state index contributed by atoms with van der Waals surface area (Å²) in [5, 5.41) is 13.4. The summed E-state index contributed by atoms with van der Waals surface area (Å²) < 4.78 is 1.86. The molecule has 0 aliphatic rings. The number of aromatic nitrogens is 2. The van der Waals surface area contributed by atoms with E-state index < -0.39 is 0 Å². The predicted octanol–water partition coefficient (Wildman–Crippen LogP) is 2.49. The van der Waals surface area contributed by atoms with Crippen LogP contribution >= 0.6 is 0 Å². The molecule has 0 radical (unpaired) electrons. The molecule has 2 rings (SSSR count). The Kier molecular flexibility index (Phi) is 3.06. The Morgan fingerprint density at radius 2 is 1.88 bits per heavy atom. The molecule has 0 atom stereocenters. The van der Waals surface area contributed by atoms with Crippen LogP contribution in [-0.4, -0.2) is 14.9 Å². The third kappa shape index (κ3) is 2.14. The van der Waals surface area contributed by atoms with Crippen molar-refractivity contribution in [3.05, 3.63) is 47.8 Å². The standard InChI is InChI=1S/C13H16N2O/c1-10(2)13-7-8-15(14-13)12-5-3-11(9-16)4-6-12/h3-8,10,16H,9H2,1-2H3. The highest BCUT2D eigenvalue weighted by Crippen LogP contribution is 2.14. The first-order chi connectivity index (χ1) is 7.70. The Balaban J connectivity index is 2.28. The summed E-state index contributed by atoms with van der Waals surface area (Å²) in [5.74, 6) is 0.443. The molecule has 0 bridgehead atoms. The van der Waals surface area contributed by atoms with Crippen LogP contribution in [0.4, 0.5) is 0 Å². The van der Waals surface area contributed by atoms with Gasteiger partial charge in [-0.25, -0.2) is 4.68 Å². The number of aliphatic hydroxyl groups is 1. The predicted molar refractivity (Wildman–Crippen MR) is 63.6 cm³/mol. The Labute approximate surface area is 95.3 Å². The molecule has 16 heavy (non-hydrogen) atoms. The second kappa shape index (κ2) is 4.49. The Morgan fingerprint density at radius 3 is 2.38 bits per heavy atom. The van der Waals surface area contributed by atoms with E-state index in [2.05, 4.69) is 18.9 Å². The van der Waals surface area contributed by atoms with Crippen LogP contribution in [0.2, 0.25) is 0 Å². The van der Waals surface area contributed by atoms with Gasteiger partial charge in [-0.15, -0.1) is 0 Å². The second-order valence-electron chi connectivity index (χ2n) is 4.16. The molecule has 84 valence electrons. The van der Waals surface area contributed by atoms with Crippen molar-refractivity contribution in [2.24, 2.45) is 0 Å². The van der Waals surface area contributed by atoms with Crippen molar-refractivity contribution in [2.75, 3.05) is 0 Å². The lowest BCUT2D eigenvalue weighted by Gasteiger charge is -2.03. The molecule has 1 aromatic heterocycles. The topological polar surface area (TPSA) is 38.0 Å². The summed E-state index contributed by atoms with van der Waals surface area (Å²) in [5.41, 5.74) is 3.02. The fourth-order valence-electron chi connectivity index (χ4n) is 1.54. The van der Waals surface area contributed by atoms with Crippen molar-refractivity contribution in [1.29, 1.82) is 0 Å². The molecule has 0 spiro atoms. The highest BCUT2D eigenvalue weighted by Gasteiger charge is 2.04. The van der Waals surface area contributed by atoms with Gasteiger partial charge < -0.3 is 5.11 Å². The van der Waals surface area contributed by atoms with Crippen molar-refractivity contribution in [2.45, 2.75) is 26.4 Å². The molecule has 1 aromatic carbocycles. The van der Waals surface area contributed by atoms with Gasteiger partial charge in [0.25, 0.3) is 0 Å². The minimum Gasteiger partial charge on any atom is -0.392 e. The van der Waals surface area contributed by atoms with Crippen LogP contribution in [0, 0.1) is 0 Å². The normalized spacial score (nSPS) is 11.0. The molecule has 2 aromatic rings. The smallest absolute Gasteiger partial charge is 0.0681 e. The first-order valence-electron chi connectivity index (χ1n) is 5.46. The van der Waals surface area contributed by atoms with Gasteiger partial charge in [0.2, 0.25) is 0 Å². The Hall–Kier alpha value is -1.61. The molecule has 0 unspecified atom stereocenters. The summed E-state index contributed by atoms with van der Waals surface area (Å²) in [6.45, 7) is 4.33. The van der Waals surface area contributed by atoms with Crippen molar-refractivity contribution in [3.8, 4) is 5.69 Å². The van der Waals surface area contributed by atoms with Crippen LogP contribution in [0.3, 0.4) is 0 Å². The average Bonchev–Trinajstić information content (AvgIpc) is 2.78.